The molecule has 0 bridgehead atoms. The number of benzene rings is 2. The van der Waals surface area contributed by atoms with Gasteiger partial charge in [0.2, 0.25) is 0 Å². The van der Waals surface area contributed by atoms with Crippen molar-refractivity contribution < 1.29 is 18.7 Å². The second-order valence-corrected chi connectivity index (χ2v) is 9.58. The number of fused-ring (bicyclic) bond motifs is 3. The first-order valence-corrected chi connectivity index (χ1v) is 11.4. The Bertz CT molecular complexity index is 1400. The molecule has 4 aromatic rings. The number of rotatable bonds is 5. The molecule has 2 N–H and O–H groups in total. The molecular weight excluding hydrogens is 443 g/mol. The number of pyridine rings is 1. The quantitative estimate of drug-likeness (QED) is 0.398. The van der Waals surface area contributed by atoms with Crippen molar-refractivity contribution in [3.63, 3.8) is 0 Å². The van der Waals surface area contributed by atoms with E-state index in [-0.39, 0.29) is 17.9 Å². The molecule has 2 heterocycles. The van der Waals surface area contributed by atoms with Crippen molar-refractivity contribution >= 4 is 38.4 Å². The van der Waals surface area contributed by atoms with Crippen molar-refractivity contribution in [1.82, 2.24) is 10.3 Å². The Morgan fingerprint density at radius 1 is 1.18 bits per heavy atom. The summed E-state index contributed by atoms with van der Waals surface area (Å²) in [5.41, 5.74) is 1.75. The van der Waals surface area contributed by atoms with Crippen LogP contribution in [0.3, 0.4) is 0 Å². The van der Waals surface area contributed by atoms with Gasteiger partial charge in [-0.2, -0.15) is 0 Å². The molecule has 6 nitrogen and oxygen atoms in total. The topological polar surface area (TPSA) is 80.4 Å². The van der Waals surface area contributed by atoms with E-state index < -0.39 is 11.7 Å². The van der Waals surface area contributed by atoms with E-state index in [0.29, 0.717) is 39.1 Å². The van der Waals surface area contributed by atoms with Crippen LogP contribution in [0.4, 0.5) is 9.18 Å². The molecule has 0 aliphatic heterocycles. The van der Waals surface area contributed by atoms with Crippen molar-refractivity contribution in [2.45, 2.75) is 32.8 Å². The molecule has 8 heteroatoms. The van der Waals surface area contributed by atoms with Crippen LogP contribution in [0.2, 0.25) is 0 Å². The van der Waals surface area contributed by atoms with E-state index in [2.05, 4.69) is 10.3 Å². The van der Waals surface area contributed by atoms with Crippen molar-refractivity contribution in [2.75, 3.05) is 13.7 Å². The predicted octanol–water partition coefficient (Wildman–Crippen LogP) is 5.62. The third-order valence-electron chi connectivity index (χ3n) is 5.18. The fourth-order valence-corrected chi connectivity index (χ4v) is 4.60. The van der Waals surface area contributed by atoms with E-state index in [4.69, 9.17) is 9.47 Å². The smallest absolute Gasteiger partial charge is 0.407 e. The number of aromatic nitrogens is 1. The Morgan fingerprint density at radius 3 is 2.67 bits per heavy atom. The zero-order chi connectivity index (χ0) is 23.8. The lowest BCUT2D eigenvalue weighted by Gasteiger charge is -2.19. The zero-order valence-corrected chi connectivity index (χ0v) is 19.7. The first-order chi connectivity index (χ1) is 15.7. The minimum absolute atomic E-state index is 0.150. The minimum Gasteiger partial charge on any atom is -0.496 e. The van der Waals surface area contributed by atoms with Gasteiger partial charge in [-0.1, -0.05) is 12.1 Å². The molecule has 0 aliphatic carbocycles. The molecule has 2 aromatic heterocycles. The SMILES string of the molecule is COc1ccc2[nH]c(=O)c3sccc3c2c1-c1ccc(CCNC(=O)OC(C)(C)C)c(F)c1. The Kier molecular flexibility index (Phi) is 6.12. The van der Waals surface area contributed by atoms with Crippen LogP contribution < -0.4 is 15.6 Å². The molecule has 0 saturated heterocycles. The van der Waals surface area contributed by atoms with Gasteiger partial charge in [-0.15, -0.1) is 11.3 Å². The summed E-state index contributed by atoms with van der Waals surface area (Å²) in [6.07, 6.45) is -0.214. The van der Waals surface area contributed by atoms with Crippen molar-refractivity contribution in [1.29, 1.82) is 0 Å². The number of ether oxygens (including phenoxy) is 2. The van der Waals surface area contributed by atoms with Gasteiger partial charge < -0.3 is 19.8 Å². The van der Waals surface area contributed by atoms with Gasteiger partial charge in [0.25, 0.3) is 5.56 Å². The van der Waals surface area contributed by atoms with Crippen molar-refractivity contribution in [3.8, 4) is 16.9 Å². The number of hydrogen-bond donors (Lipinski definition) is 2. The second-order valence-electron chi connectivity index (χ2n) is 8.67. The van der Waals surface area contributed by atoms with Crippen LogP contribution in [0.15, 0.2) is 46.6 Å². The average molecular weight is 469 g/mol. The maximum absolute atomic E-state index is 15.0. The number of methoxy groups -OCH3 is 1. The zero-order valence-electron chi connectivity index (χ0n) is 18.9. The van der Waals surface area contributed by atoms with Crippen LogP contribution >= 0.6 is 11.3 Å². The molecule has 0 aliphatic rings. The minimum atomic E-state index is -0.591. The van der Waals surface area contributed by atoms with Gasteiger partial charge in [-0.05, 0) is 68.0 Å². The lowest BCUT2D eigenvalue weighted by molar-refractivity contribution is 0.0528. The normalized spacial score (nSPS) is 11.7. The van der Waals surface area contributed by atoms with Gasteiger partial charge in [0.05, 0.1) is 7.11 Å². The lowest BCUT2D eigenvalue weighted by Crippen LogP contribution is -2.33. The van der Waals surface area contributed by atoms with E-state index in [1.165, 1.54) is 17.4 Å². The highest BCUT2D eigenvalue weighted by molar-refractivity contribution is 7.17. The van der Waals surface area contributed by atoms with Gasteiger partial charge in [0.1, 0.15) is 21.9 Å². The summed E-state index contributed by atoms with van der Waals surface area (Å²) in [4.78, 5) is 27.1. The standard InChI is InChI=1S/C25H25FN2O4S/c1-25(2,3)32-24(30)27-11-9-14-5-6-15(13-17(14)26)20-19(31-4)8-7-18-21(20)16-10-12-33-22(16)23(29)28-18/h5-8,10,12-13H,9,11H2,1-4H3,(H,27,30)(H,28,29). The molecule has 1 amide bonds. The third-order valence-corrected chi connectivity index (χ3v) is 6.09. The molecule has 4 rings (SSSR count). The van der Waals surface area contributed by atoms with E-state index in [9.17, 15) is 9.59 Å². The molecule has 0 radical (unpaired) electrons. The van der Waals surface area contributed by atoms with Crippen LogP contribution in [-0.4, -0.2) is 30.3 Å². The monoisotopic (exact) mass is 468 g/mol. The first kappa shape index (κ1) is 22.8. The summed E-state index contributed by atoms with van der Waals surface area (Å²) in [5.74, 6) is 0.198. The summed E-state index contributed by atoms with van der Waals surface area (Å²) < 4.78 is 26.5. The highest BCUT2D eigenvalue weighted by Gasteiger charge is 2.18. The highest BCUT2D eigenvalue weighted by atomic mass is 32.1. The third kappa shape index (κ3) is 4.71. The number of aromatic amines is 1. The number of hydrogen-bond acceptors (Lipinski definition) is 5. The lowest BCUT2D eigenvalue weighted by atomic mass is 9.96. The fourth-order valence-electron chi connectivity index (χ4n) is 3.80. The van der Waals surface area contributed by atoms with Crippen LogP contribution in [-0.2, 0) is 11.2 Å². The van der Waals surface area contributed by atoms with Crippen molar-refractivity contribution in [2.24, 2.45) is 0 Å². The number of nitrogens with one attached hydrogen (secondary N) is 2. The number of thiophene rings is 1. The summed E-state index contributed by atoms with van der Waals surface area (Å²) >= 11 is 1.36. The molecule has 0 saturated carbocycles. The van der Waals surface area contributed by atoms with E-state index in [1.54, 1.807) is 46.1 Å². The Hall–Kier alpha value is -3.39. The molecule has 2 aromatic carbocycles. The summed E-state index contributed by atoms with van der Waals surface area (Å²) in [6.45, 7) is 5.60. The molecule has 0 unspecified atom stereocenters. The number of carbonyl (C=O) groups is 1. The number of amides is 1. The van der Waals surface area contributed by atoms with E-state index in [0.717, 1.165) is 10.8 Å². The molecule has 0 fully saturated rings. The van der Waals surface area contributed by atoms with Crippen LogP contribution in [0, 0.1) is 5.82 Å². The van der Waals surface area contributed by atoms with Gasteiger partial charge in [-0.25, -0.2) is 9.18 Å². The molecular formula is C25H25FN2O4S. The van der Waals surface area contributed by atoms with E-state index in [1.807, 2.05) is 17.5 Å². The van der Waals surface area contributed by atoms with Crippen molar-refractivity contribution in [3.05, 3.63) is 63.5 Å². The van der Waals surface area contributed by atoms with Crippen LogP contribution in [0.25, 0.3) is 32.1 Å². The number of alkyl carbamates (subject to hydrolysis) is 1. The average Bonchev–Trinajstić information content (AvgIpc) is 3.23. The highest BCUT2D eigenvalue weighted by Crippen LogP contribution is 2.40. The van der Waals surface area contributed by atoms with Gasteiger partial charge in [0.15, 0.2) is 0 Å². The van der Waals surface area contributed by atoms with Crippen LogP contribution in [0.1, 0.15) is 26.3 Å². The number of H-pyrrole nitrogens is 1. The fraction of sp³-hybridized carbons (Fsp3) is 0.280. The van der Waals surface area contributed by atoms with Gasteiger partial charge in [0, 0.05) is 28.4 Å². The molecule has 0 spiro atoms. The maximum atomic E-state index is 15.0. The Balaban J connectivity index is 1.68. The largest absolute Gasteiger partial charge is 0.496 e. The van der Waals surface area contributed by atoms with Gasteiger partial charge in [-0.3, -0.25) is 4.79 Å². The van der Waals surface area contributed by atoms with E-state index >= 15 is 4.39 Å². The summed E-state index contributed by atoms with van der Waals surface area (Å²) in [6, 6.07) is 10.4. The molecule has 0 atom stereocenters. The van der Waals surface area contributed by atoms with Gasteiger partial charge >= 0.3 is 6.09 Å². The van der Waals surface area contributed by atoms with Crippen LogP contribution in [0.5, 0.6) is 5.75 Å². The predicted molar refractivity (Wildman–Crippen MR) is 130 cm³/mol. The molecule has 172 valence electrons. The summed E-state index contributed by atoms with van der Waals surface area (Å²) in [7, 11) is 1.56. The maximum Gasteiger partial charge on any atom is 0.407 e. The molecule has 33 heavy (non-hydrogen) atoms. The summed E-state index contributed by atoms with van der Waals surface area (Å²) in [5, 5.41) is 6.12. The Morgan fingerprint density at radius 2 is 1.97 bits per heavy atom. The second kappa shape index (κ2) is 8.86. The first-order valence-electron chi connectivity index (χ1n) is 10.5. The number of carbonyl (C=O) groups excluding carboxylic acids is 1. The Labute approximate surface area is 194 Å². The number of halogens is 1.